The highest BCUT2D eigenvalue weighted by Gasteiger charge is 2.44. The number of aryl methyl sites for hydroxylation is 1. The van der Waals surface area contributed by atoms with Crippen molar-refractivity contribution in [2.24, 2.45) is 0 Å². The molecule has 1 saturated heterocycles. The van der Waals surface area contributed by atoms with E-state index in [1.807, 2.05) is 31.2 Å². The minimum Gasteiger partial charge on any atom is -0.475 e. The molecule has 45 heavy (non-hydrogen) atoms. The average Bonchev–Trinajstić information content (AvgIpc) is 3.32. The topological polar surface area (TPSA) is 159 Å². The van der Waals surface area contributed by atoms with Gasteiger partial charge in [-0.2, -0.15) is 39.5 Å². The number of halogens is 9. The van der Waals surface area contributed by atoms with Crippen LogP contribution in [-0.4, -0.2) is 98.0 Å². The summed E-state index contributed by atoms with van der Waals surface area (Å²) in [5.41, 5.74) is 2.20. The number of ether oxygens (including phenoxy) is 2. The van der Waals surface area contributed by atoms with Gasteiger partial charge in [0.15, 0.2) is 0 Å². The number of rotatable bonds is 4. The number of pyridine rings is 2. The molecule has 1 aliphatic carbocycles. The van der Waals surface area contributed by atoms with Crippen LogP contribution in [0.25, 0.3) is 0 Å². The number of aromatic nitrogens is 2. The van der Waals surface area contributed by atoms with Gasteiger partial charge in [-0.15, -0.1) is 0 Å². The van der Waals surface area contributed by atoms with Crippen LogP contribution in [0.15, 0.2) is 42.6 Å². The maximum Gasteiger partial charge on any atom is 0.490 e. The van der Waals surface area contributed by atoms with E-state index in [0.717, 1.165) is 43.9 Å². The van der Waals surface area contributed by atoms with Gasteiger partial charge in [0.1, 0.15) is 12.2 Å². The van der Waals surface area contributed by atoms with Crippen molar-refractivity contribution in [1.29, 1.82) is 0 Å². The maximum atomic E-state index is 10.6. The molecule has 0 unspecified atom stereocenters. The van der Waals surface area contributed by atoms with Gasteiger partial charge < -0.3 is 24.8 Å². The second-order valence-corrected chi connectivity index (χ2v) is 8.95. The number of alkyl halides is 9. The summed E-state index contributed by atoms with van der Waals surface area (Å²) in [6.07, 6.45) is -11.2. The van der Waals surface area contributed by atoms with E-state index in [2.05, 4.69) is 27.0 Å². The van der Waals surface area contributed by atoms with Crippen molar-refractivity contribution in [2.45, 2.75) is 63.1 Å². The van der Waals surface area contributed by atoms with Crippen LogP contribution in [0.2, 0.25) is 0 Å². The average molecular weight is 667 g/mol. The van der Waals surface area contributed by atoms with Crippen LogP contribution in [-0.2, 0) is 25.7 Å². The smallest absolute Gasteiger partial charge is 0.475 e. The molecule has 1 saturated carbocycles. The number of fused-ring (bicyclic) bond motifs is 1. The first-order valence-electron chi connectivity index (χ1n) is 12.4. The Morgan fingerprint density at radius 2 is 1.40 bits per heavy atom. The number of carboxylic acid groups (broad SMARTS) is 3. The monoisotopic (exact) mass is 667 g/mol. The molecule has 2 fully saturated rings. The Balaban J connectivity index is 0.000000396. The SMILES string of the molecule is Cc1cccc(CN2CCO[C@H]3[C@H](Oc4ccccn4)CC[C@@H]32)n1.O=C(O)C(F)(F)F.O=C(O)C(F)(F)F.O=C(O)C(F)(F)F. The van der Waals surface area contributed by atoms with Gasteiger partial charge >= 0.3 is 36.4 Å². The highest BCUT2D eigenvalue weighted by Crippen LogP contribution is 2.33. The first-order valence-corrected chi connectivity index (χ1v) is 12.4. The van der Waals surface area contributed by atoms with Crippen molar-refractivity contribution in [2.75, 3.05) is 13.2 Å². The lowest BCUT2D eigenvalue weighted by Crippen LogP contribution is -2.51. The number of hydrogen-bond acceptors (Lipinski definition) is 8. The maximum absolute atomic E-state index is 10.6. The molecule has 3 heterocycles. The molecule has 0 spiro atoms. The molecular formula is C25H26F9N3O8. The number of nitrogens with zero attached hydrogens (tertiary/aromatic N) is 3. The van der Waals surface area contributed by atoms with Gasteiger partial charge in [-0.05, 0) is 38.0 Å². The zero-order valence-electron chi connectivity index (χ0n) is 22.9. The van der Waals surface area contributed by atoms with Crippen LogP contribution >= 0.6 is 0 Å². The Morgan fingerprint density at radius 3 is 1.84 bits per heavy atom. The van der Waals surface area contributed by atoms with Crippen LogP contribution in [0.3, 0.4) is 0 Å². The third-order valence-corrected chi connectivity index (χ3v) is 5.60. The summed E-state index contributed by atoms with van der Waals surface area (Å²) < 4.78 is 107. The fourth-order valence-corrected chi connectivity index (χ4v) is 3.78. The molecule has 2 aromatic rings. The number of hydrogen-bond donors (Lipinski definition) is 3. The van der Waals surface area contributed by atoms with Crippen LogP contribution in [0.1, 0.15) is 24.2 Å². The standard InChI is InChI=1S/C19H23N3O2.3C2HF3O2/c1-14-5-4-6-15(21-14)13-22-11-12-23-19-16(22)8-9-17(19)24-18-7-2-3-10-20-18;3*3-2(4,5)1(6)7/h2-7,10,16-17,19H,8-9,11-13H2,1H3;3*(H,6,7)/t16-,17+,19+;;;/m0.../s1. The molecule has 252 valence electrons. The molecule has 3 atom stereocenters. The van der Waals surface area contributed by atoms with E-state index < -0.39 is 36.4 Å². The number of morpholine rings is 1. The molecule has 0 bridgehead atoms. The van der Waals surface area contributed by atoms with Crippen molar-refractivity contribution in [3.63, 3.8) is 0 Å². The predicted molar refractivity (Wildman–Crippen MR) is 132 cm³/mol. The molecule has 11 nitrogen and oxygen atoms in total. The normalized spacial score (nSPS) is 19.6. The Kier molecular flexibility index (Phi) is 14.5. The summed E-state index contributed by atoms with van der Waals surface area (Å²) in [5.74, 6) is -7.59. The van der Waals surface area contributed by atoms with Crippen LogP contribution in [0.4, 0.5) is 39.5 Å². The predicted octanol–water partition coefficient (Wildman–Crippen LogP) is 4.50. The Morgan fingerprint density at radius 1 is 0.867 bits per heavy atom. The Hall–Kier alpha value is -4.20. The van der Waals surface area contributed by atoms with Crippen molar-refractivity contribution in [3.8, 4) is 5.88 Å². The number of carbonyl (C=O) groups is 3. The minimum atomic E-state index is -5.08. The molecule has 3 N–H and O–H groups in total. The van der Waals surface area contributed by atoms with Crippen LogP contribution < -0.4 is 4.74 Å². The molecular weight excluding hydrogens is 641 g/mol. The van der Waals surface area contributed by atoms with Crippen molar-refractivity contribution >= 4 is 17.9 Å². The van der Waals surface area contributed by atoms with Gasteiger partial charge in [-0.25, -0.2) is 19.4 Å². The van der Waals surface area contributed by atoms with Crippen molar-refractivity contribution in [1.82, 2.24) is 14.9 Å². The van der Waals surface area contributed by atoms with E-state index in [1.165, 1.54) is 0 Å². The van der Waals surface area contributed by atoms with E-state index in [1.54, 1.807) is 6.20 Å². The molecule has 4 rings (SSSR count). The molecule has 0 radical (unpaired) electrons. The van der Waals surface area contributed by atoms with Gasteiger partial charge in [-0.3, -0.25) is 9.88 Å². The lowest BCUT2D eigenvalue weighted by molar-refractivity contribution is -0.193. The molecule has 2 aromatic heterocycles. The molecule has 1 aliphatic heterocycles. The summed E-state index contributed by atoms with van der Waals surface area (Å²) >= 11 is 0. The van der Waals surface area contributed by atoms with Gasteiger partial charge in [-0.1, -0.05) is 12.1 Å². The number of carboxylic acids is 3. The van der Waals surface area contributed by atoms with Crippen LogP contribution in [0, 0.1) is 6.92 Å². The lowest BCUT2D eigenvalue weighted by atomic mass is 10.1. The first-order chi connectivity index (χ1) is 20.6. The third-order valence-electron chi connectivity index (χ3n) is 5.60. The zero-order valence-corrected chi connectivity index (χ0v) is 22.9. The summed E-state index contributed by atoms with van der Waals surface area (Å²) in [6, 6.07) is 12.4. The highest BCUT2D eigenvalue weighted by molar-refractivity contribution is 5.73. The van der Waals surface area contributed by atoms with E-state index in [-0.39, 0.29) is 12.2 Å². The van der Waals surface area contributed by atoms with Gasteiger partial charge in [0.2, 0.25) is 5.88 Å². The highest BCUT2D eigenvalue weighted by atomic mass is 19.4. The molecule has 0 aromatic carbocycles. The fraction of sp³-hybridized carbons (Fsp3) is 0.480. The molecule has 0 amide bonds. The van der Waals surface area contributed by atoms with E-state index in [0.29, 0.717) is 11.9 Å². The largest absolute Gasteiger partial charge is 0.490 e. The lowest BCUT2D eigenvalue weighted by Gasteiger charge is -2.38. The minimum absolute atomic E-state index is 0.0816. The summed E-state index contributed by atoms with van der Waals surface area (Å²) in [4.78, 5) is 38.1. The quantitative estimate of drug-likeness (QED) is 0.395. The summed E-state index contributed by atoms with van der Waals surface area (Å²) in [6.45, 7) is 4.61. The van der Waals surface area contributed by atoms with Crippen LogP contribution in [0.5, 0.6) is 5.88 Å². The van der Waals surface area contributed by atoms with E-state index in [9.17, 15) is 39.5 Å². The second kappa shape index (κ2) is 16.8. The fourth-order valence-electron chi connectivity index (χ4n) is 3.78. The van der Waals surface area contributed by atoms with Gasteiger partial charge in [0.25, 0.3) is 0 Å². The summed E-state index contributed by atoms with van der Waals surface area (Å²) in [5, 5.41) is 21.4. The summed E-state index contributed by atoms with van der Waals surface area (Å²) in [7, 11) is 0. The van der Waals surface area contributed by atoms with Gasteiger partial charge in [0.05, 0.1) is 12.3 Å². The van der Waals surface area contributed by atoms with Crippen molar-refractivity contribution < 1.29 is 78.7 Å². The zero-order chi connectivity index (χ0) is 34.6. The van der Waals surface area contributed by atoms with Crippen molar-refractivity contribution in [3.05, 3.63) is 54.0 Å². The Labute approximate surface area is 248 Å². The first kappa shape index (κ1) is 38.8. The second-order valence-electron chi connectivity index (χ2n) is 8.95. The molecule has 2 aliphatic rings. The number of aliphatic carboxylic acids is 3. The van der Waals surface area contributed by atoms with E-state index in [4.69, 9.17) is 39.2 Å². The van der Waals surface area contributed by atoms with E-state index >= 15 is 0 Å². The third kappa shape index (κ3) is 14.4. The van der Waals surface area contributed by atoms with Gasteiger partial charge in [0, 0.05) is 37.1 Å². The molecule has 20 heteroatoms. The Bertz CT molecular complexity index is 1190.